The van der Waals surface area contributed by atoms with E-state index in [0.29, 0.717) is 5.56 Å². The number of nitrogens with zero attached hydrogens (tertiary/aromatic N) is 2. The second-order valence-electron chi connectivity index (χ2n) is 6.94. The quantitative estimate of drug-likeness (QED) is 0.457. The number of thiophene rings is 1. The van der Waals surface area contributed by atoms with Crippen LogP contribution in [0.5, 0.6) is 0 Å². The van der Waals surface area contributed by atoms with Crippen LogP contribution in [0.15, 0.2) is 58.7 Å². The van der Waals surface area contributed by atoms with Crippen LogP contribution in [-0.4, -0.2) is 28.3 Å². The second kappa shape index (κ2) is 8.72. The number of ether oxygens (including phenoxy) is 1. The number of carbonyl (C=O) groups is 2. The summed E-state index contributed by atoms with van der Waals surface area (Å²) < 4.78 is 19.5. The third kappa shape index (κ3) is 4.02. The number of esters is 1. The molecule has 4 rings (SSSR count). The van der Waals surface area contributed by atoms with Gasteiger partial charge in [-0.05, 0) is 50.2 Å². The highest BCUT2D eigenvalue weighted by Gasteiger charge is 2.23. The summed E-state index contributed by atoms with van der Waals surface area (Å²) in [7, 11) is 0. The van der Waals surface area contributed by atoms with Crippen molar-refractivity contribution < 1.29 is 18.7 Å². The molecule has 32 heavy (non-hydrogen) atoms. The predicted molar refractivity (Wildman–Crippen MR) is 120 cm³/mol. The minimum absolute atomic E-state index is 0.0714. The van der Waals surface area contributed by atoms with Crippen molar-refractivity contribution in [3.05, 3.63) is 86.9 Å². The summed E-state index contributed by atoms with van der Waals surface area (Å²) >= 11 is 1.11. The number of aryl methyl sites for hydroxylation is 1. The van der Waals surface area contributed by atoms with Crippen LogP contribution in [0.3, 0.4) is 0 Å². The van der Waals surface area contributed by atoms with E-state index in [2.05, 4.69) is 10.4 Å². The van der Waals surface area contributed by atoms with Crippen molar-refractivity contribution in [2.75, 3.05) is 11.9 Å². The average Bonchev–Trinajstić information content (AvgIpc) is 3.19. The Morgan fingerprint density at radius 3 is 2.47 bits per heavy atom. The summed E-state index contributed by atoms with van der Waals surface area (Å²) in [6.07, 6.45) is 0. The highest BCUT2D eigenvalue weighted by Crippen LogP contribution is 2.31. The molecule has 9 heteroatoms. The van der Waals surface area contributed by atoms with E-state index in [-0.39, 0.29) is 33.8 Å². The first kappa shape index (κ1) is 21.4. The molecular formula is C23H18FN3O4S. The molecule has 0 fully saturated rings. The van der Waals surface area contributed by atoms with E-state index < -0.39 is 23.3 Å². The Labute approximate surface area is 186 Å². The molecule has 0 unspecified atom stereocenters. The fraction of sp³-hybridized carbons (Fsp3) is 0.130. The number of amides is 1. The first-order chi connectivity index (χ1) is 15.4. The monoisotopic (exact) mass is 451 g/mol. The van der Waals surface area contributed by atoms with Crippen molar-refractivity contribution >= 4 is 39.0 Å². The maximum absolute atomic E-state index is 13.4. The van der Waals surface area contributed by atoms with Gasteiger partial charge in [-0.25, -0.2) is 9.18 Å². The molecule has 0 aliphatic rings. The van der Waals surface area contributed by atoms with Gasteiger partial charge in [0, 0.05) is 16.3 Å². The molecule has 2 aromatic heterocycles. The summed E-state index contributed by atoms with van der Waals surface area (Å²) in [6, 6.07) is 12.1. The van der Waals surface area contributed by atoms with Crippen LogP contribution < -0.4 is 10.9 Å². The van der Waals surface area contributed by atoms with Crippen molar-refractivity contribution in [1.29, 1.82) is 0 Å². The Morgan fingerprint density at radius 2 is 1.81 bits per heavy atom. The molecule has 0 atom stereocenters. The number of hydrogen-bond acceptors (Lipinski definition) is 6. The summed E-state index contributed by atoms with van der Waals surface area (Å²) in [4.78, 5) is 38.6. The Bertz CT molecular complexity index is 1380. The molecule has 0 aliphatic carbocycles. The zero-order chi connectivity index (χ0) is 22.8. The summed E-state index contributed by atoms with van der Waals surface area (Å²) in [5.41, 5.74) is 1.08. The van der Waals surface area contributed by atoms with Gasteiger partial charge in [0.15, 0.2) is 5.69 Å². The van der Waals surface area contributed by atoms with Crippen LogP contribution in [0.25, 0.3) is 16.5 Å². The lowest BCUT2D eigenvalue weighted by molar-refractivity contribution is 0.0520. The predicted octanol–water partition coefficient (Wildman–Crippen LogP) is 4.32. The van der Waals surface area contributed by atoms with Crippen LogP contribution in [-0.2, 0) is 4.74 Å². The number of fused-ring (bicyclic) bond motifs is 1. The number of anilines is 1. The smallest absolute Gasteiger partial charge is 0.359 e. The van der Waals surface area contributed by atoms with Gasteiger partial charge >= 0.3 is 5.97 Å². The van der Waals surface area contributed by atoms with Crippen LogP contribution in [0.1, 0.15) is 33.3 Å². The van der Waals surface area contributed by atoms with Crippen molar-refractivity contribution in [2.24, 2.45) is 0 Å². The largest absolute Gasteiger partial charge is 0.461 e. The molecule has 4 aromatic rings. The standard InChI is InChI=1S/C23H18FN3O4S/c1-3-31-23(30)19-17-12-32-21(25-20(28)14-6-4-13(2)5-7-14)18(17)22(29)27(26-19)16-10-8-15(24)9-11-16/h4-12H,3H2,1-2H3,(H,25,28). The van der Waals surface area contributed by atoms with Crippen LogP contribution in [0.2, 0.25) is 0 Å². The number of halogens is 1. The zero-order valence-electron chi connectivity index (χ0n) is 17.2. The lowest BCUT2D eigenvalue weighted by Crippen LogP contribution is -2.25. The maximum Gasteiger partial charge on any atom is 0.359 e. The molecule has 0 radical (unpaired) electrons. The molecular weight excluding hydrogens is 433 g/mol. The fourth-order valence-electron chi connectivity index (χ4n) is 3.13. The Morgan fingerprint density at radius 1 is 1.12 bits per heavy atom. The molecule has 2 heterocycles. The molecule has 2 aromatic carbocycles. The van der Waals surface area contributed by atoms with Gasteiger partial charge in [-0.1, -0.05) is 17.7 Å². The maximum atomic E-state index is 13.4. The molecule has 1 N–H and O–H groups in total. The van der Waals surface area contributed by atoms with Gasteiger partial charge in [-0.15, -0.1) is 11.3 Å². The van der Waals surface area contributed by atoms with Gasteiger partial charge in [-0.2, -0.15) is 9.78 Å². The highest BCUT2D eigenvalue weighted by atomic mass is 32.1. The van der Waals surface area contributed by atoms with E-state index in [4.69, 9.17) is 4.74 Å². The zero-order valence-corrected chi connectivity index (χ0v) is 18.0. The van der Waals surface area contributed by atoms with Crippen molar-refractivity contribution in [2.45, 2.75) is 13.8 Å². The summed E-state index contributed by atoms with van der Waals surface area (Å²) in [5.74, 6) is -1.58. The normalized spacial score (nSPS) is 10.8. The van der Waals surface area contributed by atoms with E-state index >= 15 is 0 Å². The number of rotatable bonds is 5. The van der Waals surface area contributed by atoms with E-state index in [1.807, 2.05) is 19.1 Å². The van der Waals surface area contributed by atoms with E-state index in [1.54, 1.807) is 24.4 Å². The molecule has 0 saturated heterocycles. The average molecular weight is 451 g/mol. The Balaban J connectivity index is 1.87. The van der Waals surface area contributed by atoms with Gasteiger partial charge in [-0.3, -0.25) is 9.59 Å². The molecule has 0 saturated carbocycles. The van der Waals surface area contributed by atoms with Gasteiger partial charge in [0.2, 0.25) is 0 Å². The topological polar surface area (TPSA) is 90.3 Å². The van der Waals surface area contributed by atoms with Crippen molar-refractivity contribution in [3.8, 4) is 5.69 Å². The minimum Gasteiger partial charge on any atom is -0.461 e. The summed E-state index contributed by atoms with van der Waals surface area (Å²) in [5, 5.41) is 9.19. The Kier molecular flexibility index (Phi) is 5.83. The molecule has 1 amide bonds. The van der Waals surface area contributed by atoms with Gasteiger partial charge < -0.3 is 10.1 Å². The van der Waals surface area contributed by atoms with Crippen molar-refractivity contribution in [1.82, 2.24) is 9.78 Å². The first-order valence-electron chi connectivity index (χ1n) is 9.74. The van der Waals surface area contributed by atoms with Crippen LogP contribution >= 0.6 is 11.3 Å². The lowest BCUT2D eigenvalue weighted by atomic mass is 10.1. The lowest BCUT2D eigenvalue weighted by Gasteiger charge is -2.10. The highest BCUT2D eigenvalue weighted by molar-refractivity contribution is 7.16. The van der Waals surface area contributed by atoms with Crippen LogP contribution in [0.4, 0.5) is 9.39 Å². The molecule has 0 bridgehead atoms. The van der Waals surface area contributed by atoms with Gasteiger partial charge in [0.05, 0.1) is 17.7 Å². The molecule has 0 aliphatic heterocycles. The minimum atomic E-state index is -0.706. The fourth-order valence-corrected chi connectivity index (χ4v) is 4.06. The number of hydrogen-bond donors (Lipinski definition) is 1. The molecule has 0 spiro atoms. The SMILES string of the molecule is CCOC(=O)c1nn(-c2ccc(F)cc2)c(=O)c2c(NC(=O)c3ccc(C)cc3)scc12. The van der Waals surface area contributed by atoms with Gasteiger partial charge in [0.1, 0.15) is 10.8 Å². The Hall–Kier alpha value is -3.85. The van der Waals surface area contributed by atoms with E-state index in [1.165, 1.54) is 24.3 Å². The summed E-state index contributed by atoms with van der Waals surface area (Å²) in [6.45, 7) is 3.70. The van der Waals surface area contributed by atoms with E-state index in [0.717, 1.165) is 21.6 Å². The first-order valence-corrected chi connectivity index (χ1v) is 10.6. The number of aromatic nitrogens is 2. The number of nitrogens with one attached hydrogen (secondary N) is 1. The van der Waals surface area contributed by atoms with Gasteiger partial charge in [0.25, 0.3) is 11.5 Å². The second-order valence-corrected chi connectivity index (χ2v) is 7.82. The third-order valence-corrected chi connectivity index (χ3v) is 5.63. The number of carbonyl (C=O) groups excluding carboxylic acids is 2. The van der Waals surface area contributed by atoms with Crippen molar-refractivity contribution in [3.63, 3.8) is 0 Å². The molecule has 7 nitrogen and oxygen atoms in total. The van der Waals surface area contributed by atoms with E-state index in [9.17, 15) is 18.8 Å². The third-order valence-electron chi connectivity index (χ3n) is 4.73. The van der Waals surface area contributed by atoms with Crippen LogP contribution in [0, 0.1) is 12.7 Å². The number of benzene rings is 2. The molecule has 162 valence electrons.